The predicted molar refractivity (Wildman–Crippen MR) is 160 cm³/mol. The number of allylic oxidation sites excluding steroid dienone is 1. The molecule has 0 amide bonds. The van der Waals surface area contributed by atoms with E-state index in [-0.39, 0.29) is 16.9 Å². The Bertz CT molecular complexity index is 1260. The number of anilines is 1. The molecule has 4 rings (SSSR count). The Morgan fingerprint density at radius 2 is 1.58 bits per heavy atom. The van der Waals surface area contributed by atoms with E-state index in [1.165, 1.54) is 0 Å². The van der Waals surface area contributed by atoms with Crippen molar-refractivity contribution >= 4 is 46.6 Å². The Morgan fingerprint density at radius 1 is 0.947 bits per heavy atom. The lowest BCUT2D eigenvalue weighted by Gasteiger charge is -2.45. The number of rotatable bonds is 6. The van der Waals surface area contributed by atoms with E-state index in [1.54, 1.807) is 6.07 Å². The summed E-state index contributed by atoms with van der Waals surface area (Å²) in [4.78, 5) is 0. The predicted octanol–water partition coefficient (Wildman–Crippen LogP) is 9.48. The van der Waals surface area contributed by atoms with Crippen LogP contribution in [-0.4, -0.2) is 20.2 Å². The molecule has 0 bridgehead atoms. The molecule has 1 N–H and O–H groups in total. The SMILES string of the molecule is CC(C)(C)C1CCC(Nc2ccc(Cl)cc2)(c2nnnn2[C@H](/C=C/c2ccc(Cl)cc2Cl)C(C)(C)C)CC1. The van der Waals surface area contributed by atoms with Crippen LogP contribution in [0.4, 0.5) is 5.69 Å². The number of benzene rings is 2. The molecule has 1 fully saturated rings. The molecular weight excluding hydrogens is 537 g/mol. The molecule has 0 radical (unpaired) electrons. The molecule has 3 aromatic rings. The molecule has 1 atom stereocenters. The Morgan fingerprint density at radius 3 is 2.16 bits per heavy atom. The third-order valence-corrected chi connectivity index (χ3v) is 8.60. The van der Waals surface area contributed by atoms with Gasteiger partial charge in [-0.1, -0.05) is 94.6 Å². The molecule has 0 saturated heterocycles. The molecule has 1 aliphatic carbocycles. The minimum atomic E-state index is -0.408. The zero-order chi connectivity index (χ0) is 27.7. The lowest BCUT2D eigenvalue weighted by atomic mass is 9.67. The normalized spacial score (nSPS) is 21.6. The van der Waals surface area contributed by atoms with Gasteiger partial charge in [0.15, 0.2) is 5.82 Å². The highest BCUT2D eigenvalue weighted by molar-refractivity contribution is 6.35. The minimum absolute atomic E-state index is 0.108. The van der Waals surface area contributed by atoms with Gasteiger partial charge in [0.2, 0.25) is 0 Å². The van der Waals surface area contributed by atoms with Crippen LogP contribution in [0.3, 0.4) is 0 Å². The molecule has 1 aliphatic rings. The number of aromatic nitrogens is 4. The van der Waals surface area contributed by atoms with Gasteiger partial charge in [-0.05, 0) is 94.8 Å². The first-order chi connectivity index (χ1) is 17.8. The molecule has 0 spiro atoms. The third kappa shape index (κ3) is 6.55. The fourth-order valence-corrected chi connectivity index (χ4v) is 6.05. The van der Waals surface area contributed by atoms with Crippen molar-refractivity contribution in [2.45, 2.75) is 78.8 Å². The number of nitrogens with one attached hydrogen (secondary N) is 1. The van der Waals surface area contributed by atoms with E-state index >= 15 is 0 Å². The second-order valence-electron chi connectivity index (χ2n) is 12.6. The summed E-state index contributed by atoms with van der Waals surface area (Å²) in [6.07, 6.45) is 8.23. The highest BCUT2D eigenvalue weighted by atomic mass is 35.5. The molecule has 0 aliphatic heterocycles. The first-order valence-electron chi connectivity index (χ1n) is 13.2. The number of tetrazole rings is 1. The fraction of sp³-hybridized carbons (Fsp3) is 0.500. The molecule has 8 heteroatoms. The topological polar surface area (TPSA) is 55.6 Å². The van der Waals surface area contributed by atoms with Crippen molar-refractivity contribution < 1.29 is 0 Å². The van der Waals surface area contributed by atoms with E-state index in [0.29, 0.717) is 21.0 Å². The van der Waals surface area contributed by atoms with Crippen LogP contribution in [0.1, 0.15) is 84.7 Å². The molecule has 0 unspecified atom stereocenters. The van der Waals surface area contributed by atoms with E-state index in [1.807, 2.05) is 47.2 Å². The molecule has 2 aromatic carbocycles. The van der Waals surface area contributed by atoms with Gasteiger partial charge in [0, 0.05) is 20.8 Å². The molecule has 1 saturated carbocycles. The monoisotopic (exact) mass is 573 g/mol. The Labute approximate surface area is 241 Å². The van der Waals surface area contributed by atoms with Crippen molar-refractivity contribution in [2.24, 2.45) is 16.7 Å². The van der Waals surface area contributed by atoms with Crippen LogP contribution in [0.15, 0.2) is 48.5 Å². The smallest absolute Gasteiger partial charge is 0.177 e. The van der Waals surface area contributed by atoms with Gasteiger partial charge in [0.1, 0.15) is 0 Å². The largest absolute Gasteiger partial charge is 0.373 e. The van der Waals surface area contributed by atoms with E-state index in [9.17, 15) is 0 Å². The van der Waals surface area contributed by atoms with Crippen molar-refractivity contribution in [3.63, 3.8) is 0 Å². The van der Waals surface area contributed by atoms with Crippen LogP contribution in [0.25, 0.3) is 6.08 Å². The first kappa shape index (κ1) is 28.9. The van der Waals surface area contributed by atoms with Crippen molar-refractivity contribution in [1.82, 2.24) is 20.2 Å². The Hall–Kier alpha value is -2.08. The standard InChI is InChI=1S/C30H38Cl3N5/c1-28(2,3)21-15-17-30(18-16-21,34-24-12-10-22(31)11-13-24)27-35-36-37-38(27)26(29(4,5)6)14-8-20-7-9-23(32)19-25(20)33/h7-14,19,21,26,34H,15-18H2,1-6H3/b14-8+/t21?,26-,30?/m1/s1. The van der Waals surface area contributed by atoms with Crippen LogP contribution in [0, 0.1) is 16.7 Å². The van der Waals surface area contributed by atoms with E-state index in [2.05, 4.69) is 68.5 Å². The van der Waals surface area contributed by atoms with Gasteiger partial charge >= 0.3 is 0 Å². The zero-order valence-corrected chi connectivity index (χ0v) is 25.4. The molecular formula is C30H38Cl3N5. The summed E-state index contributed by atoms with van der Waals surface area (Å²) >= 11 is 18.8. The molecule has 38 heavy (non-hydrogen) atoms. The van der Waals surface area contributed by atoms with Crippen LogP contribution in [0.5, 0.6) is 0 Å². The summed E-state index contributed by atoms with van der Waals surface area (Å²) in [5, 5.41) is 19.2. The Balaban J connectivity index is 1.75. The maximum Gasteiger partial charge on any atom is 0.177 e. The van der Waals surface area contributed by atoms with E-state index in [0.717, 1.165) is 42.8 Å². The van der Waals surface area contributed by atoms with Crippen molar-refractivity contribution in [3.05, 3.63) is 75.0 Å². The summed E-state index contributed by atoms with van der Waals surface area (Å²) in [6, 6.07) is 13.3. The van der Waals surface area contributed by atoms with Crippen molar-refractivity contribution in [2.75, 3.05) is 5.32 Å². The maximum absolute atomic E-state index is 6.48. The van der Waals surface area contributed by atoms with Crippen LogP contribution < -0.4 is 5.32 Å². The number of hydrogen-bond donors (Lipinski definition) is 1. The molecule has 5 nitrogen and oxygen atoms in total. The molecule has 204 valence electrons. The van der Waals surface area contributed by atoms with Gasteiger partial charge in [0.05, 0.1) is 11.6 Å². The van der Waals surface area contributed by atoms with Crippen molar-refractivity contribution in [3.8, 4) is 0 Å². The third-order valence-electron chi connectivity index (χ3n) is 7.78. The fourth-order valence-electron chi connectivity index (χ4n) is 5.46. The van der Waals surface area contributed by atoms with Crippen LogP contribution >= 0.6 is 34.8 Å². The minimum Gasteiger partial charge on any atom is -0.373 e. The molecule has 1 heterocycles. The average molecular weight is 575 g/mol. The molecule has 1 aromatic heterocycles. The Kier molecular flexibility index (Phi) is 8.52. The number of halogens is 3. The van der Waals surface area contributed by atoms with Crippen molar-refractivity contribution in [1.29, 1.82) is 0 Å². The average Bonchev–Trinajstić information content (AvgIpc) is 3.31. The van der Waals surface area contributed by atoms with Gasteiger partial charge in [-0.2, -0.15) is 0 Å². The summed E-state index contributed by atoms with van der Waals surface area (Å²) < 4.78 is 2.00. The summed E-state index contributed by atoms with van der Waals surface area (Å²) in [7, 11) is 0. The number of hydrogen-bond acceptors (Lipinski definition) is 4. The second kappa shape index (κ2) is 11.2. The lowest BCUT2D eigenvalue weighted by molar-refractivity contribution is 0.133. The van der Waals surface area contributed by atoms with Gasteiger partial charge in [-0.25, -0.2) is 4.68 Å². The first-order valence-corrected chi connectivity index (χ1v) is 14.4. The second-order valence-corrected chi connectivity index (χ2v) is 13.9. The summed E-state index contributed by atoms with van der Waals surface area (Å²) in [5.41, 5.74) is 1.60. The van der Waals surface area contributed by atoms with Gasteiger partial charge in [0.25, 0.3) is 0 Å². The van der Waals surface area contributed by atoms with E-state index in [4.69, 9.17) is 34.8 Å². The highest BCUT2D eigenvalue weighted by Gasteiger charge is 2.45. The van der Waals surface area contributed by atoms with Gasteiger partial charge < -0.3 is 5.32 Å². The number of nitrogens with zero attached hydrogens (tertiary/aromatic N) is 4. The zero-order valence-electron chi connectivity index (χ0n) is 23.1. The van der Waals surface area contributed by atoms with Gasteiger partial charge in [-0.3, -0.25) is 0 Å². The van der Waals surface area contributed by atoms with Gasteiger partial charge in [-0.15, -0.1) is 5.10 Å². The quantitative estimate of drug-likeness (QED) is 0.318. The van der Waals surface area contributed by atoms with E-state index < -0.39 is 5.54 Å². The van der Waals surface area contributed by atoms with Crippen LogP contribution in [-0.2, 0) is 5.54 Å². The highest BCUT2D eigenvalue weighted by Crippen LogP contribution is 2.47. The lowest BCUT2D eigenvalue weighted by Crippen LogP contribution is -2.44. The van der Waals surface area contributed by atoms with Crippen LogP contribution in [0.2, 0.25) is 15.1 Å². The maximum atomic E-state index is 6.48. The summed E-state index contributed by atoms with van der Waals surface area (Å²) in [6.45, 7) is 13.6. The summed E-state index contributed by atoms with van der Waals surface area (Å²) in [5.74, 6) is 1.49.